The number of benzene rings is 2. The highest BCUT2D eigenvalue weighted by molar-refractivity contribution is 5.76. The second-order valence-corrected chi connectivity index (χ2v) is 8.18. The lowest BCUT2D eigenvalue weighted by atomic mass is 10.0. The van der Waals surface area contributed by atoms with Crippen molar-refractivity contribution < 1.29 is 0 Å². The average molecular weight is 417 g/mol. The van der Waals surface area contributed by atoms with Gasteiger partial charge in [-0.25, -0.2) is 4.98 Å². The number of nitrogens with one attached hydrogen (secondary N) is 1. The van der Waals surface area contributed by atoms with E-state index in [0.717, 1.165) is 62.5 Å². The van der Waals surface area contributed by atoms with Crippen LogP contribution in [0.1, 0.15) is 24.7 Å². The zero-order valence-corrected chi connectivity index (χ0v) is 18.1. The number of H-pyrrole nitrogens is 1. The van der Waals surface area contributed by atoms with Crippen molar-refractivity contribution >= 4 is 16.7 Å². The first-order valence-corrected chi connectivity index (χ1v) is 11.0. The summed E-state index contributed by atoms with van der Waals surface area (Å²) in [6.45, 7) is 6.99. The molecule has 0 unspecified atom stereocenters. The Morgan fingerprint density at radius 1 is 1.03 bits per heavy atom. The molecule has 0 bridgehead atoms. The summed E-state index contributed by atoms with van der Waals surface area (Å²) >= 11 is 0. The van der Waals surface area contributed by atoms with Gasteiger partial charge < -0.3 is 9.47 Å². The molecule has 2 aromatic carbocycles. The summed E-state index contributed by atoms with van der Waals surface area (Å²) < 4.78 is 2.21. The number of aromatic nitrogens is 6. The Balaban J connectivity index is 1.33. The molecule has 3 heterocycles. The summed E-state index contributed by atoms with van der Waals surface area (Å²) in [4.78, 5) is 9.79. The van der Waals surface area contributed by atoms with Gasteiger partial charge in [0.05, 0.1) is 17.6 Å². The molecule has 5 rings (SSSR count). The van der Waals surface area contributed by atoms with Gasteiger partial charge in [0.15, 0.2) is 0 Å². The molecule has 1 aliphatic heterocycles. The molecule has 1 fully saturated rings. The lowest BCUT2D eigenvalue weighted by Gasteiger charge is -2.36. The first kappa shape index (κ1) is 19.7. The Hall–Kier alpha value is -3.26. The minimum absolute atomic E-state index is 0.653. The smallest absolute Gasteiger partial charge is 0.206 e. The van der Waals surface area contributed by atoms with Gasteiger partial charge in [-0.2, -0.15) is 5.21 Å². The van der Waals surface area contributed by atoms with Crippen molar-refractivity contribution in [3.63, 3.8) is 0 Å². The number of imidazole rings is 1. The van der Waals surface area contributed by atoms with Crippen molar-refractivity contribution in [1.82, 2.24) is 35.1 Å². The van der Waals surface area contributed by atoms with Crippen LogP contribution in [0, 0.1) is 0 Å². The Bertz CT molecular complexity index is 1160. The van der Waals surface area contributed by atoms with E-state index in [1.807, 2.05) is 6.07 Å². The van der Waals surface area contributed by atoms with Crippen LogP contribution in [-0.2, 0) is 20.0 Å². The predicted molar refractivity (Wildman–Crippen MR) is 122 cm³/mol. The molecular weight excluding hydrogens is 388 g/mol. The van der Waals surface area contributed by atoms with Gasteiger partial charge in [-0.05, 0) is 41.5 Å². The highest BCUT2D eigenvalue weighted by Gasteiger charge is 2.22. The number of para-hydroxylation sites is 2. The van der Waals surface area contributed by atoms with Gasteiger partial charge in [0, 0.05) is 44.5 Å². The van der Waals surface area contributed by atoms with Crippen molar-refractivity contribution in [2.75, 3.05) is 31.1 Å². The first-order chi connectivity index (χ1) is 15.2. The molecule has 4 aromatic rings. The molecule has 0 saturated carbocycles. The molecule has 0 spiro atoms. The molecule has 160 valence electrons. The SMILES string of the molecule is CCCc1ccc(-c2nn[nH]n2)c(N2CCN(Cc3nc4ccccc4n3C)CC2)c1. The van der Waals surface area contributed by atoms with E-state index >= 15 is 0 Å². The normalized spacial score (nSPS) is 15.1. The molecule has 8 nitrogen and oxygen atoms in total. The molecule has 0 amide bonds. The van der Waals surface area contributed by atoms with Crippen LogP contribution in [0.3, 0.4) is 0 Å². The maximum Gasteiger partial charge on any atom is 0.206 e. The molecule has 1 aliphatic rings. The molecule has 31 heavy (non-hydrogen) atoms. The molecule has 1 N–H and O–H groups in total. The highest BCUT2D eigenvalue weighted by atomic mass is 15.5. The highest BCUT2D eigenvalue weighted by Crippen LogP contribution is 2.31. The van der Waals surface area contributed by atoms with Crippen LogP contribution in [0.2, 0.25) is 0 Å². The lowest BCUT2D eigenvalue weighted by Crippen LogP contribution is -2.46. The molecule has 2 aromatic heterocycles. The number of piperazine rings is 1. The third-order valence-electron chi connectivity index (χ3n) is 6.14. The predicted octanol–water partition coefficient (Wildman–Crippen LogP) is 3.03. The Morgan fingerprint density at radius 2 is 1.87 bits per heavy atom. The van der Waals surface area contributed by atoms with Gasteiger partial charge in [-0.3, -0.25) is 4.90 Å². The summed E-state index contributed by atoms with van der Waals surface area (Å²) in [5, 5.41) is 14.8. The fourth-order valence-electron chi connectivity index (χ4n) is 4.43. The summed E-state index contributed by atoms with van der Waals surface area (Å²) in [5.74, 6) is 1.77. The first-order valence-electron chi connectivity index (χ1n) is 11.0. The molecular formula is C23H28N8. The number of anilines is 1. The fourth-order valence-corrected chi connectivity index (χ4v) is 4.43. The number of hydrogen-bond donors (Lipinski definition) is 1. The van der Waals surface area contributed by atoms with Crippen LogP contribution in [0.25, 0.3) is 22.4 Å². The summed E-state index contributed by atoms with van der Waals surface area (Å²) in [6, 6.07) is 15.0. The quantitative estimate of drug-likeness (QED) is 0.521. The van der Waals surface area contributed by atoms with Crippen LogP contribution in [-0.4, -0.2) is 61.3 Å². The van der Waals surface area contributed by atoms with E-state index in [2.05, 4.69) is 85.4 Å². The van der Waals surface area contributed by atoms with E-state index < -0.39 is 0 Å². The third kappa shape index (κ3) is 3.90. The molecule has 0 atom stereocenters. The Morgan fingerprint density at radius 3 is 2.61 bits per heavy atom. The standard InChI is InChI=1S/C23H28N8/c1-3-6-17-9-10-18(23-25-27-28-26-23)21(15-17)31-13-11-30(12-14-31)16-22-24-19-7-4-5-8-20(19)29(22)2/h4-5,7-10,15H,3,6,11-14,16H2,1-2H3,(H,25,26,27,28). The van der Waals surface area contributed by atoms with Gasteiger partial charge in [0.25, 0.3) is 0 Å². The molecule has 8 heteroatoms. The zero-order valence-electron chi connectivity index (χ0n) is 18.1. The molecule has 1 saturated heterocycles. The Labute approximate surface area is 181 Å². The topological polar surface area (TPSA) is 78.8 Å². The lowest BCUT2D eigenvalue weighted by molar-refractivity contribution is 0.242. The zero-order chi connectivity index (χ0) is 21.2. The summed E-state index contributed by atoms with van der Waals surface area (Å²) in [7, 11) is 2.11. The number of hydrogen-bond acceptors (Lipinski definition) is 6. The van der Waals surface area contributed by atoms with Gasteiger partial charge in [0.1, 0.15) is 5.82 Å². The second-order valence-electron chi connectivity index (χ2n) is 8.18. The van der Waals surface area contributed by atoms with Crippen LogP contribution in [0.5, 0.6) is 0 Å². The van der Waals surface area contributed by atoms with E-state index in [1.165, 1.54) is 16.8 Å². The number of rotatable bonds is 6. The number of tetrazole rings is 1. The van der Waals surface area contributed by atoms with Gasteiger partial charge in [-0.1, -0.05) is 31.5 Å². The van der Waals surface area contributed by atoms with Crippen molar-refractivity contribution in [3.05, 3.63) is 53.9 Å². The van der Waals surface area contributed by atoms with E-state index in [1.54, 1.807) is 0 Å². The van der Waals surface area contributed by atoms with Crippen LogP contribution >= 0.6 is 0 Å². The minimum Gasteiger partial charge on any atom is -0.368 e. The number of nitrogens with zero attached hydrogens (tertiary/aromatic N) is 7. The largest absolute Gasteiger partial charge is 0.368 e. The second kappa shape index (κ2) is 8.47. The van der Waals surface area contributed by atoms with Crippen LogP contribution in [0.4, 0.5) is 5.69 Å². The number of fused-ring (bicyclic) bond motifs is 1. The average Bonchev–Trinajstić information content (AvgIpc) is 3.44. The van der Waals surface area contributed by atoms with E-state index in [4.69, 9.17) is 4.98 Å². The van der Waals surface area contributed by atoms with E-state index in [9.17, 15) is 0 Å². The molecule has 0 aliphatic carbocycles. The number of aryl methyl sites for hydroxylation is 2. The fraction of sp³-hybridized carbons (Fsp3) is 0.391. The maximum absolute atomic E-state index is 4.84. The molecule has 0 radical (unpaired) electrons. The van der Waals surface area contributed by atoms with Crippen LogP contribution in [0.15, 0.2) is 42.5 Å². The van der Waals surface area contributed by atoms with Crippen LogP contribution < -0.4 is 4.90 Å². The van der Waals surface area contributed by atoms with Crippen molar-refractivity contribution in [3.8, 4) is 11.4 Å². The van der Waals surface area contributed by atoms with Gasteiger partial charge in [-0.15, -0.1) is 10.2 Å². The van der Waals surface area contributed by atoms with Crippen molar-refractivity contribution in [2.45, 2.75) is 26.3 Å². The van der Waals surface area contributed by atoms with Crippen molar-refractivity contribution in [1.29, 1.82) is 0 Å². The summed E-state index contributed by atoms with van der Waals surface area (Å²) in [5.41, 5.74) is 5.85. The van der Waals surface area contributed by atoms with Crippen molar-refractivity contribution in [2.24, 2.45) is 7.05 Å². The van der Waals surface area contributed by atoms with Gasteiger partial charge in [0.2, 0.25) is 5.82 Å². The van der Waals surface area contributed by atoms with E-state index in [0.29, 0.717) is 5.82 Å². The minimum atomic E-state index is 0.653. The monoisotopic (exact) mass is 416 g/mol. The Kier molecular flexibility index (Phi) is 5.38. The maximum atomic E-state index is 4.84. The third-order valence-corrected chi connectivity index (χ3v) is 6.14. The van der Waals surface area contributed by atoms with E-state index in [-0.39, 0.29) is 0 Å². The number of aromatic amines is 1. The van der Waals surface area contributed by atoms with Gasteiger partial charge >= 0.3 is 0 Å². The summed E-state index contributed by atoms with van der Waals surface area (Å²) in [6.07, 6.45) is 2.21.